The molecular weight excluding hydrogens is 206 g/mol. The molecule has 1 saturated heterocycles. The highest BCUT2D eigenvalue weighted by Crippen LogP contribution is 2.36. The Morgan fingerprint density at radius 1 is 1.40 bits per heavy atom. The van der Waals surface area contributed by atoms with Gasteiger partial charge in [0.25, 0.3) is 0 Å². The van der Waals surface area contributed by atoms with Gasteiger partial charge in [0.2, 0.25) is 0 Å². The molecule has 2 fully saturated rings. The minimum atomic E-state index is 0.683. The van der Waals surface area contributed by atoms with E-state index in [0.717, 1.165) is 19.1 Å². The molecule has 4 heteroatoms. The summed E-state index contributed by atoms with van der Waals surface area (Å²) in [6.45, 7) is 4.44. The molecule has 3 nitrogen and oxygen atoms in total. The van der Waals surface area contributed by atoms with Crippen LogP contribution in [0.1, 0.15) is 24.1 Å². The molecule has 1 aromatic heterocycles. The number of rotatable bonds is 3. The van der Waals surface area contributed by atoms with Crippen LogP contribution in [0.2, 0.25) is 0 Å². The lowest BCUT2D eigenvalue weighted by molar-refractivity contribution is 0.627. The molecule has 1 atom stereocenters. The van der Waals surface area contributed by atoms with E-state index in [0.29, 0.717) is 6.04 Å². The van der Waals surface area contributed by atoms with Crippen molar-refractivity contribution in [3.63, 3.8) is 0 Å². The van der Waals surface area contributed by atoms with Crippen LogP contribution in [0.25, 0.3) is 0 Å². The van der Waals surface area contributed by atoms with Gasteiger partial charge in [0, 0.05) is 29.7 Å². The second-order valence-corrected chi connectivity index (χ2v) is 5.75. The van der Waals surface area contributed by atoms with Crippen LogP contribution in [-0.2, 0) is 0 Å². The number of thiazole rings is 1. The summed E-state index contributed by atoms with van der Waals surface area (Å²) < 4.78 is 0. The van der Waals surface area contributed by atoms with E-state index in [-0.39, 0.29) is 0 Å². The molecule has 0 spiro atoms. The Kier molecular flexibility index (Phi) is 2.41. The Morgan fingerprint density at radius 2 is 2.27 bits per heavy atom. The Labute approximate surface area is 94.5 Å². The number of aryl methyl sites for hydroxylation is 1. The fourth-order valence-electron chi connectivity index (χ4n) is 2.30. The highest BCUT2D eigenvalue weighted by Gasteiger charge is 2.36. The summed E-state index contributed by atoms with van der Waals surface area (Å²) in [7, 11) is 0. The van der Waals surface area contributed by atoms with Crippen molar-refractivity contribution in [1.29, 1.82) is 0 Å². The van der Waals surface area contributed by atoms with Crippen LogP contribution in [0, 0.1) is 6.92 Å². The molecule has 0 aromatic carbocycles. The molecule has 2 heterocycles. The van der Waals surface area contributed by atoms with E-state index in [4.69, 9.17) is 0 Å². The molecule has 1 aliphatic carbocycles. The molecule has 2 aliphatic rings. The molecule has 15 heavy (non-hydrogen) atoms. The maximum Gasteiger partial charge on any atom is 0.186 e. The lowest BCUT2D eigenvalue weighted by atomic mass is 10.2. The maximum atomic E-state index is 4.54. The maximum absolute atomic E-state index is 4.54. The predicted molar refractivity (Wildman–Crippen MR) is 63.6 cm³/mol. The summed E-state index contributed by atoms with van der Waals surface area (Å²) >= 11 is 1.84. The van der Waals surface area contributed by atoms with Gasteiger partial charge in [0.15, 0.2) is 5.13 Å². The van der Waals surface area contributed by atoms with Crippen molar-refractivity contribution in [1.82, 2.24) is 10.3 Å². The van der Waals surface area contributed by atoms with Gasteiger partial charge in [-0.15, -0.1) is 11.3 Å². The van der Waals surface area contributed by atoms with Crippen LogP contribution in [0.4, 0.5) is 5.13 Å². The second-order valence-electron chi connectivity index (χ2n) is 4.54. The van der Waals surface area contributed by atoms with Gasteiger partial charge in [-0.2, -0.15) is 0 Å². The van der Waals surface area contributed by atoms with E-state index >= 15 is 0 Å². The lowest BCUT2D eigenvalue weighted by Crippen LogP contribution is -2.38. The highest BCUT2D eigenvalue weighted by atomic mass is 32.1. The number of nitrogens with zero attached hydrogens (tertiary/aromatic N) is 2. The van der Waals surface area contributed by atoms with Gasteiger partial charge < -0.3 is 10.2 Å². The molecule has 0 radical (unpaired) electrons. The average molecular weight is 223 g/mol. The first-order valence-electron chi connectivity index (χ1n) is 5.76. The quantitative estimate of drug-likeness (QED) is 0.846. The summed E-state index contributed by atoms with van der Waals surface area (Å²) in [6, 6.07) is 1.46. The third kappa shape index (κ3) is 1.88. The Bertz CT molecular complexity index is 339. The van der Waals surface area contributed by atoms with E-state index in [1.54, 1.807) is 0 Å². The smallest absolute Gasteiger partial charge is 0.186 e. The third-order valence-corrected chi connectivity index (χ3v) is 4.12. The molecule has 1 N–H and O–H groups in total. The van der Waals surface area contributed by atoms with Crippen molar-refractivity contribution >= 4 is 16.5 Å². The Morgan fingerprint density at radius 3 is 2.80 bits per heavy atom. The first kappa shape index (κ1) is 9.60. The van der Waals surface area contributed by atoms with Crippen molar-refractivity contribution in [2.24, 2.45) is 0 Å². The lowest BCUT2D eigenvalue weighted by Gasteiger charge is -2.27. The summed E-state index contributed by atoms with van der Waals surface area (Å²) in [4.78, 5) is 8.43. The SMILES string of the molecule is Cc1cnc(N(C2CC2)C2CCNC2)s1. The third-order valence-electron chi connectivity index (χ3n) is 3.20. The zero-order valence-corrected chi connectivity index (χ0v) is 9.89. The van der Waals surface area contributed by atoms with Crippen molar-refractivity contribution in [3.05, 3.63) is 11.1 Å². The van der Waals surface area contributed by atoms with E-state index in [9.17, 15) is 0 Å². The monoisotopic (exact) mass is 223 g/mol. The van der Waals surface area contributed by atoms with Gasteiger partial charge in [0.05, 0.1) is 0 Å². The minimum absolute atomic E-state index is 0.683. The predicted octanol–water partition coefficient (Wildman–Crippen LogP) is 1.78. The van der Waals surface area contributed by atoms with Crippen LogP contribution >= 0.6 is 11.3 Å². The summed E-state index contributed by atoms with van der Waals surface area (Å²) in [5.74, 6) is 0. The van der Waals surface area contributed by atoms with Crippen LogP contribution < -0.4 is 10.2 Å². The second kappa shape index (κ2) is 3.76. The number of anilines is 1. The van der Waals surface area contributed by atoms with E-state index in [1.807, 2.05) is 17.5 Å². The first-order chi connectivity index (χ1) is 7.34. The van der Waals surface area contributed by atoms with E-state index < -0.39 is 0 Å². The summed E-state index contributed by atoms with van der Waals surface area (Å²) in [5.41, 5.74) is 0. The van der Waals surface area contributed by atoms with Crippen molar-refractivity contribution in [2.75, 3.05) is 18.0 Å². The molecule has 1 unspecified atom stereocenters. The van der Waals surface area contributed by atoms with E-state index in [1.165, 1.54) is 29.3 Å². The van der Waals surface area contributed by atoms with Crippen LogP contribution in [0.15, 0.2) is 6.20 Å². The van der Waals surface area contributed by atoms with Gasteiger partial charge in [0.1, 0.15) is 0 Å². The van der Waals surface area contributed by atoms with Crippen molar-refractivity contribution in [3.8, 4) is 0 Å². The minimum Gasteiger partial charge on any atom is -0.341 e. The van der Waals surface area contributed by atoms with Crippen LogP contribution in [-0.4, -0.2) is 30.2 Å². The standard InChI is InChI=1S/C11H17N3S/c1-8-6-13-11(15-8)14(9-2-3-9)10-4-5-12-7-10/h6,9-10,12H,2-5,7H2,1H3. The van der Waals surface area contributed by atoms with Crippen LogP contribution in [0.3, 0.4) is 0 Å². The largest absolute Gasteiger partial charge is 0.341 e. The van der Waals surface area contributed by atoms with Gasteiger partial charge in [-0.3, -0.25) is 0 Å². The molecule has 1 saturated carbocycles. The fraction of sp³-hybridized carbons (Fsp3) is 0.727. The normalized spacial score (nSPS) is 25.8. The highest BCUT2D eigenvalue weighted by molar-refractivity contribution is 7.15. The number of nitrogens with one attached hydrogen (secondary N) is 1. The van der Waals surface area contributed by atoms with Gasteiger partial charge in [-0.25, -0.2) is 4.98 Å². The van der Waals surface area contributed by atoms with Gasteiger partial charge in [-0.05, 0) is 32.7 Å². The van der Waals surface area contributed by atoms with E-state index in [2.05, 4.69) is 22.1 Å². The number of hydrogen-bond donors (Lipinski definition) is 1. The molecular formula is C11H17N3S. The molecule has 3 rings (SSSR count). The zero-order valence-electron chi connectivity index (χ0n) is 9.07. The number of hydrogen-bond acceptors (Lipinski definition) is 4. The van der Waals surface area contributed by atoms with Gasteiger partial charge in [-0.1, -0.05) is 0 Å². The Balaban J connectivity index is 1.83. The Hall–Kier alpha value is -0.610. The topological polar surface area (TPSA) is 28.2 Å². The molecule has 0 amide bonds. The van der Waals surface area contributed by atoms with Gasteiger partial charge >= 0.3 is 0 Å². The van der Waals surface area contributed by atoms with Crippen LogP contribution in [0.5, 0.6) is 0 Å². The molecule has 82 valence electrons. The average Bonchev–Trinajstić information content (AvgIpc) is 2.74. The molecule has 1 aliphatic heterocycles. The molecule has 1 aromatic rings. The van der Waals surface area contributed by atoms with Crippen molar-refractivity contribution in [2.45, 2.75) is 38.3 Å². The molecule has 0 bridgehead atoms. The van der Waals surface area contributed by atoms with Crippen molar-refractivity contribution < 1.29 is 0 Å². The summed E-state index contributed by atoms with van der Waals surface area (Å²) in [5, 5.41) is 4.69. The zero-order chi connectivity index (χ0) is 10.3. The fourth-order valence-corrected chi connectivity index (χ4v) is 3.20. The summed E-state index contributed by atoms with van der Waals surface area (Å²) in [6.07, 6.45) is 5.98. The number of aromatic nitrogens is 1. The first-order valence-corrected chi connectivity index (χ1v) is 6.58.